The molecule has 1 aromatic heterocycles. The van der Waals surface area contributed by atoms with Crippen LogP contribution in [0.4, 0.5) is 0 Å². The van der Waals surface area contributed by atoms with E-state index in [0.717, 1.165) is 18.8 Å². The Hall–Kier alpha value is -2.25. The van der Waals surface area contributed by atoms with Gasteiger partial charge in [0.2, 0.25) is 5.91 Å². The van der Waals surface area contributed by atoms with E-state index in [2.05, 4.69) is 48.3 Å². The predicted molar refractivity (Wildman–Crippen MR) is 120 cm³/mol. The van der Waals surface area contributed by atoms with Crippen LogP contribution in [0, 0.1) is 0 Å². The van der Waals surface area contributed by atoms with Crippen molar-refractivity contribution in [1.82, 2.24) is 15.1 Å². The standard InChI is InChI=1S/C23H31N3O3S/c1-23(2)17-25(12-13-26(23)16-18-8-5-4-6-9-18)22(28)19(11-15-30-3)24-21(27)20-10-7-14-29-20/h4-10,14,19H,11-13,15-17H2,1-3H3,(H,24,27). The number of rotatable bonds is 8. The SMILES string of the molecule is CSCCC(NC(=O)c1ccco1)C(=O)N1CCN(Cc2ccccc2)C(C)(C)C1. The van der Waals surface area contributed by atoms with Gasteiger partial charge in [-0.3, -0.25) is 14.5 Å². The first kappa shape index (κ1) is 22.4. The van der Waals surface area contributed by atoms with Crippen molar-refractivity contribution in [2.75, 3.05) is 31.6 Å². The van der Waals surface area contributed by atoms with Crippen LogP contribution in [0.5, 0.6) is 0 Å². The van der Waals surface area contributed by atoms with E-state index in [1.54, 1.807) is 23.9 Å². The normalized spacial score (nSPS) is 17.5. The molecule has 3 rings (SSSR count). The van der Waals surface area contributed by atoms with Gasteiger partial charge < -0.3 is 14.6 Å². The molecule has 1 fully saturated rings. The predicted octanol–water partition coefficient (Wildman–Crippen LogP) is 3.25. The summed E-state index contributed by atoms with van der Waals surface area (Å²) in [4.78, 5) is 30.1. The maximum absolute atomic E-state index is 13.3. The molecule has 1 saturated heterocycles. The maximum Gasteiger partial charge on any atom is 0.287 e. The van der Waals surface area contributed by atoms with Gasteiger partial charge in [-0.25, -0.2) is 0 Å². The lowest BCUT2D eigenvalue weighted by Gasteiger charge is -2.48. The minimum Gasteiger partial charge on any atom is -0.459 e. The van der Waals surface area contributed by atoms with Crippen molar-refractivity contribution in [1.29, 1.82) is 0 Å². The first-order chi connectivity index (χ1) is 14.4. The number of furan rings is 1. The van der Waals surface area contributed by atoms with Crippen molar-refractivity contribution in [3.8, 4) is 0 Å². The molecule has 2 amide bonds. The van der Waals surface area contributed by atoms with E-state index in [-0.39, 0.29) is 23.1 Å². The van der Waals surface area contributed by atoms with E-state index in [4.69, 9.17) is 4.42 Å². The molecule has 0 saturated carbocycles. The Labute approximate surface area is 183 Å². The highest BCUT2D eigenvalue weighted by atomic mass is 32.2. The second-order valence-corrected chi connectivity index (χ2v) is 9.25. The number of thioether (sulfide) groups is 1. The van der Waals surface area contributed by atoms with Crippen LogP contribution in [-0.2, 0) is 11.3 Å². The van der Waals surface area contributed by atoms with Gasteiger partial charge in [-0.05, 0) is 50.0 Å². The lowest BCUT2D eigenvalue weighted by molar-refractivity contribution is -0.138. The van der Waals surface area contributed by atoms with Crippen LogP contribution in [0.3, 0.4) is 0 Å². The second-order valence-electron chi connectivity index (χ2n) is 8.26. The molecule has 1 aromatic carbocycles. The van der Waals surface area contributed by atoms with Crippen LogP contribution >= 0.6 is 11.8 Å². The average Bonchev–Trinajstić information content (AvgIpc) is 3.27. The van der Waals surface area contributed by atoms with E-state index < -0.39 is 6.04 Å². The third-order valence-corrected chi connectivity index (χ3v) is 6.20. The van der Waals surface area contributed by atoms with Crippen molar-refractivity contribution in [2.24, 2.45) is 0 Å². The topological polar surface area (TPSA) is 65.8 Å². The molecule has 0 spiro atoms. The van der Waals surface area contributed by atoms with Gasteiger partial charge in [-0.1, -0.05) is 30.3 Å². The maximum atomic E-state index is 13.3. The molecule has 162 valence electrons. The van der Waals surface area contributed by atoms with Gasteiger partial charge in [0.05, 0.1) is 6.26 Å². The molecular formula is C23H31N3O3S. The first-order valence-corrected chi connectivity index (χ1v) is 11.7. The highest BCUT2D eigenvalue weighted by molar-refractivity contribution is 7.98. The van der Waals surface area contributed by atoms with Crippen molar-refractivity contribution >= 4 is 23.6 Å². The van der Waals surface area contributed by atoms with Gasteiger partial charge in [0.25, 0.3) is 5.91 Å². The number of carbonyl (C=O) groups excluding carboxylic acids is 2. The molecule has 1 aliphatic heterocycles. The number of nitrogens with zero attached hydrogens (tertiary/aromatic N) is 2. The molecule has 6 nitrogen and oxygen atoms in total. The van der Waals surface area contributed by atoms with E-state index in [1.807, 2.05) is 17.2 Å². The van der Waals surface area contributed by atoms with Crippen molar-refractivity contribution in [3.63, 3.8) is 0 Å². The Balaban J connectivity index is 1.65. The van der Waals surface area contributed by atoms with Crippen molar-refractivity contribution in [3.05, 3.63) is 60.1 Å². The summed E-state index contributed by atoms with van der Waals surface area (Å²) >= 11 is 1.67. The highest BCUT2D eigenvalue weighted by Crippen LogP contribution is 2.24. The minimum atomic E-state index is -0.550. The summed E-state index contributed by atoms with van der Waals surface area (Å²) in [5, 5.41) is 2.88. The second kappa shape index (κ2) is 10.2. The van der Waals surface area contributed by atoms with Crippen molar-refractivity contribution < 1.29 is 14.0 Å². The van der Waals surface area contributed by atoms with Gasteiger partial charge in [-0.2, -0.15) is 11.8 Å². The van der Waals surface area contributed by atoms with Gasteiger partial charge in [0.1, 0.15) is 6.04 Å². The molecule has 1 aliphatic rings. The lowest BCUT2D eigenvalue weighted by atomic mass is 9.97. The number of nitrogens with one attached hydrogen (secondary N) is 1. The Kier molecular flexibility index (Phi) is 7.61. The molecule has 7 heteroatoms. The molecule has 1 atom stereocenters. The number of piperazine rings is 1. The fourth-order valence-corrected chi connectivity index (χ4v) is 4.30. The number of carbonyl (C=O) groups is 2. The van der Waals surface area contributed by atoms with Gasteiger partial charge in [0.15, 0.2) is 5.76 Å². The van der Waals surface area contributed by atoms with E-state index in [0.29, 0.717) is 19.5 Å². The molecule has 1 unspecified atom stereocenters. The van der Waals surface area contributed by atoms with Gasteiger partial charge >= 0.3 is 0 Å². The zero-order chi connectivity index (χ0) is 21.6. The lowest BCUT2D eigenvalue weighted by Crippen LogP contribution is -2.62. The smallest absolute Gasteiger partial charge is 0.287 e. The third-order valence-electron chi connectivity index (χ3n) is 5.56. The Bertz CT molecular complexity index is 823. The summed E-state index contributed by atoms with van der Waals surface area (Å²) in [6.45, 7) is 7.30. The van der Waals surface area contributed by atoms with E-state index >= 15 is 0 Å². The molecule has 0 bridgehead atoms. The van der Waals surface area contributed by atoms with Crippen LogP contribution in [0.1, 0.15) is 36.4 Å². The molecule has 1 N–H and O–H groups in total. The summed E-state index contributed by atoms with van der Waals surface area (Å²) in [6, 6.07) is 13.1. The fraction of sp³-hybridized carbons (Fsp3) is 0.478. The van der Waals surface area contributed by atoms with Crippen molar-refractivity contribution in [2.45, 2.75) is 38.4 Å². The molecule has 0 aliphatic carbocycles. The van der Waals surface area contributed by atoms with Gasteiger partial charge in [-0.15, -0.1) is 0 Å². The van der Waals surface area contributed by atoms with E-state index in [9.17, 15) is 9.59 Å². The molecule has 2 heterocycles. The first-order valence-electron chi connectivity index (χ1n) is 10.3. The molecular weight excluding hydrogens is 398 g/mol. The largest absolute Gasteiger partial charge is 0.459 e. The molecule has 0 radical (unpaired) electrons. The molecule has 30 heavy (non-hydrogen) atoms. The Morgan fingerprint density at radius 2 is 1.93 bits per heavy atom. The monoisotopic (exact) mass is 429 g/mol. The van der Waals surface area contributed by atoms with Crippen LogP contribution in [0.15, 0.2) is 53.1 Å². The zero-order valence-corrected chi connectivity index (χ0v) is 18.8. The highest BCUT2D eigenvalue weighted by Gasteiger charge is 2.37. The van der Waals surface area contributed by atoms with E-state index in [1.165, 1.54) is 11.8 Å². The number of benzene rings is 1. The third kappa shape index (κ3) is 5.67. The minimum absolute atomic E-state index is 0.0172. The van der Waals surface area contributed by atoms with Gasteiger partial charge in [0, 0.05) is 31.7 Å². The summed E-state index contributed by atoms with van der Waals surface area (Å²) in [5.41, 5.74) is 1.12. The quantitative estimate of drug-likeness (QED) is 0.698. The van der Waals surface area contributed by atoms with Crippen LogP contribution in [0.2, 0.25) is 0 Å². The average molecular weight is 430 g/mol. The van der Waals surface area contributed by atoms with Crippen LogP contribution in [-0.4, -0.2) is 64.8 Å². The Morgan fingerprint density at radius 1 is 1.17 bits per heavy atom. The summed E-state index contributed by atoms with van der Waals surface area (Å²) in [6.07, 6.45) is 4.06. The summed E-state index contributed by atoms with van der Waals surface area (Å²) in [7, 11) is 0. The van der Waals surface area contributed by atoms with Crippen LogP contribution < -0.4 is 5.32 Å². The van der Waals surface area contributed by atoms with Crippen LogP contribution in [0.25, 0.3) is 0 Å². The fourth-order valence-electron chi connectivity index (χ4n) is 3.83. The molecule has 2 aromatic rings. The number of amides is 2. The zero-order valence-electron chi connectivity index (χ0n) is 18.0. The summed E-state index contributed by atoms with van der Waals surface area (Å²) in [5.74, 6) is 0.662. The number of hydrogen-bond acceptors (Lipinski definition) is 5. The summed E-state index contributed by atoms with van der Waals surface area (Å²) < 4.78 is 5.18. The number of hydrogen-bond donors (Lipinski definition) is 1. The Morgan fingerprint density at radius 3 is 2.57 bits per heavy atom.